The first-order valence-corrected chi connectivity index (χ1v) is 7.55. The van der Waals surface area contributed by atoms with Gasteiger partial charge in [-0.15, -0.1) is 0 Å². The van der Waals surface area contributed by atoms with E-state index in [0.717, 1.165) is 0 Å². The van der Waals surface area contributed by atoms with Crippen molar-refractivity contribution in [2.75, 3.05) is 20.1 Å². The third-order valence-electron chi connectivity index (χ3n) is 3.49. The fourth-order valence-corrected chi connectivity index (χ4v) is 2.10. The quantitative estimate of drug-likeness (QED) is 0.352. The number of ether oxygens (including phenoxy) is 1. The standard InChI is InChI=1S/C12H12F5NO.C4H4O4/c1-18-4-2-6(3-5-18)19-12-10(16)8(14)7(13)9(15)11(12)17;5-3(6)1-2-4(7)8/h6H,2-5H2,1H3;1-2H,(H,5,6)(H,7,8)/b;2-1+. The lowest BCUT2D eigenvalue weighted by atomic mass is 10.1. The molecule has 1 aromatic rings. The maximum absolute atomic E-state index is 13.4. The topological polar surface area (TPSA) is 87.1 Å². The summed E-state index contributed by atoms with van der Waals surface area (Å²) in [7, 11) is 1.87. The molecule has 1 aliphatic heterocycles. The van der Waals surface area contributed by atoms with Gasteiger partial charge in [0.05, 0.1) is 0 Å². The molecule has 1 aliphatic rings. The molecule has 0 spiro atoms. The van der Waals surface area contributed by atoms with E-state index in [1.54, 1.807) is 0 Å². The highest BCUT2D eigenvalue weighted by atomic mass is 19.2. The normalized spacial score (nSPS) is 15.3. The summed E-state index contributed by atoms with van der Waals surface area (Å²) in [4.78, 5) is 21.1. The van der Waals surface area contributed by atoms with E-state index in [-0.39, 0.29) is 0 Å². The van der Waals surface area contributed by atoms with Crippen LogP contribution in [0.15, 0.2) is 12.2 Å². The van der Waals surface area contributed by atoms with Crippen molar-refractivity contribution in [1.29, 1.82) is 0 Å². The molecule has 150 valence electrons. The highest BCUT2D eigenvalue weighted by Gasteiger charge is 2.29. The average Bonchev–Trinajstić information content (AvgIpc) is 2.62. The predicted octanol–water partition coefficient (Wildman–Crippen LogP) is 2.57. The molecule has 1 heterocycles. The zero-order valence-electron chi connectivity index (χ0n) is 14.0. The monoisotopic (exact) mass is 397 g/mol. The summed E-state index contributed by atoms with van der Waals surface area (Å²) >= 11 is 0. The molecule has 0 radical (unpaired) electrons. The van der Waals surface area contributed by atoms with Crippen LogP contribution < -0.4 is 4.74 Å². The first-order chi connectivity index (χ1) is 12.5. The summed E-state index contributed by atoms with van der Waals surface area (Å²) in [6, 6.07) is 0. The summed E-state index contributed by atoms with van der Waals surface area (Å²) in [5.74, 6) is -13.7. The zero-order valence-corrected chi connectivity index (χ0v) is 14.0. The molecule has 11 heteroatoms. The molecule has 6 nitrogen and oxygen atoms in total. The van der Waals surface area contributed by atoms with E-state index >= 15 is 0 Å². The maximum atomic E-state index is 13.4. The highest BCUT2D eigenvalue weighted by molar-refractivity contribution is 5.89. The van der Waals surface area contributed by atoms with E-state index < -0.39 is 52.9 Å². The second kappa shape index (κ2) is 9.86. The van der Waals surface area contributed by atoms with Gasteiger partial charge in [-0.1, -0.05) is 0 Å². The first kappa shape index (κ1) is 22.4. The number of piperidine rings is 1. The number of rotatable bonds is 4. The largest absolute Gasteiger partial charge is 0.484 e. The van der Waals surface area contributed by atoms with Crippen molar-refractivity contribution in [3.05, 3.63) is 41.2 Å². The number of carboxylic acid groups (broad SMARTS) is 2. The molecule has 0 atom stereocenters. The lowest BCUT2D eigenvalue weighted by Gasteiger charge is -2.29. The average molecular weight is 397 g/mol. The Morgan fingerprint density at radius 3 is 1.63 bits per heavy atom. The van der Waals surface area contributed by atoms with Gasteiger partial charge in [0.25, 0.3) is 0 Å². The number of halogens is 5. The molecule has 2 N–H and O–H groups in total. The molecule has 1 aromatic carbocycles. The van der Waals surface area contributed by atoms with E-state index in [2.05, 4.69) is 0 Å². The molecule has 0 saturated carbocycles. The van der Waals surface area contributed by atoms with Crippen LogP contribution in [0.1, 0.15) is 12.8 Å². The number of benzene rings is 1. The summed E-state index contributed by atoms with van der Waals surface area (Å²) < 4.78 is 70.5. The van der Waals surface area contributed by atoms with Gasteiger partial charge < -0.3 is 19.8 Å². The summed E-state index contributed by atoms with van der Waals surface area (Å²) in [6.45, 7) is 1.28. The lowest BCUT2D eigenvalue weighted by molar-refractivity contribution is -0.134. The number of hydrogen-bond acceptors (Lipinski definition) is 4. The smallest absolute Gasteiger partial charge is 0.328 e. The SMILES string of the molecule is CN1CCC(Oc2c(F)c(F)c(F)c(F)c2F)CC1.O=C(O)/C=C/C(=O)O. The van der Waals surface area contributed by atoms with Crippen LogP contribution in [0, 0.1) is 29.1 Å². The molecule has 1 fully saturated rings. The van der Waals surface area contributed by atoms with Crippen LogP contribution >= 0.6 is 0 Å². The van der Waals surface area contributed by atoms with Gasteiger partial charge in [0, 0.05) is 25.2 Å². The van der Waals surface area contributed by atoms with Crippen molar-refractivity contribution < 1.29 is 46.5 Å². The zero-order chi connectivity index (χ0) is 20.7. The maximum Gasteiger partial charge on any atom is 0.328 e. The van der Waals surface area contributed by atoms with Gasteiger partial charge in [0.2, 0.25) is 29.1 Å². The number of hydrogen-bond donors (Lipinski definition) is 2. The number of aliphatic carboxylic acids is 2. The van der Waals surface area contributed by atoms with E-state index in [4.69, 9.17) is 14.9 Å². The van der Waals surface area contributed by atoms with Crippen molar-refractivity contribution >= 4 is 11.9 Å². The van der Waals surface area contributed by atoms with E-state index in [9.17, 15) is 31.5 Å². The number of nitrogens with zero attached hydrogens (tertiary/aromatic N) is 1. The highest BCUT2D eigenvalue weighted by Crippen LogP contribution is 2.31. The van der Waals surface area contributed by atoms with E-state index in [1.165, 1.54) is 0 Å². The van der Waals surface area contributed by atoms with Crippen LogP contribution in [0.2, 0.25) is 0 Å². The fourth-order valence-electron chi connectivity index (χ4n) is 2.10. The van der Waals surface area contributed by atoms with E-state index in [0.29, 0.717) is 38.1 Å². The molecular weight excluding hydrogens is 381 g/mol. The fraction of sp³-hybridized carbons (Fsp3) is 0.375. The Bertz CT molecular complexity index is 687. The molecule has 0 aliphatic carbocycles. The Morgan fingerprint density at radius 2 is 1.26 bits per heavy atom. The Kier molecular flexibility index (Phi) is 8.16. The van der Waals surface area contributed by atoms with Crippen molar-refractivity contribution in [2.24, 2.45) is 0 Å². The minimum absolute atomic E-state index is 0.468. The Balaban J connectivity index is 0.000000387. The summed E-state index contributed by atoms with van der Waals surface area (Å²) in [6.07, 6.45) is 1.50. The molecule has 0 bridgehead atoms. The van der Waals surface area contributed by atoms with Crippen LogP contribution in [0.4, 0.5) is 22.0 Å². The molecule has 0 amide bonds. The van der Waals surface area contributed by atoms with Crippen molar-refractivity contribution in [2.45, 2.75) is 18.9 Å². The molecule has 1 saturated heterocycles. The minimum Gasteiger partial charge on any atom is -0.484 e. The van der Waals surface area contributed by atoms with Crippen LogP contribution in [-0.2, 0) is 9.59 Å². The third kappa shape index (κ3) is 6.51. The van der Waals surface area contributed by atoms with Crippen LogP contribution in [0.25, 0.3) is 0 Å². The van der Waals surface area contributed by atoms with Gasteiger partial charge in [0.15, 0.2) is 5.75 Å². The van der Waals surface area contributed by atoms with Crippen molar-refractivity contribution in [3.63, 3.8) is 0 Å². The van der Waals surface area contributed by atoms with Crippen molar-refractivity contribution in [1.82, 2.24) is 4.90 Å². The van der Waals surface area contributed by atoms with Gasteiger partial charge in [-0.2, -0.15) is 8.78 Å². The van der Waals surface area contributed by atoms with Crippen molar-refractivity contribution in [3.8, 4) is 5.75 Å². The molecular formula is C16H16F5NO5. The second-order valence-electron chi connectivity index (χ2n) is 5.53. The Hall–Kier alpha value is -2.69. The first-order valence-electron chi connectivity index (χ1n) is 7.55. The van der Waals surface area contributed by atoms with Crippen LogP contribution in [0.3, 0.4) is 0 Å². The predicted molar refractivity (Wildman–Crippen MR) is 81.8 cm³/mol. The second-order valence-corrected chi connectivity index (χ2v) is 5.53. The summed E-state index contributed by atoms with van der Waals surface area (Å²) in [5.41, 5.74) is 0. The molecule has 27 heavy (non-hydrogen) atoms. The van der Waals surface area contributed by atoms with Gasteiger partial charge in [-0.25, -0.2) is 22.8 Å². The Labute approximate surface area is 150 Å². The van der Waals surface area contributed by atoms with Gasteiger partial charge in [0.1, 0.15) is 6.10 Å². The minimum atomic E-state index is -2.18. The van der Waals surface area contributed by atoms with Gasteiger partial charge >= 0.3 is 11.9 Å². The Morgan fingerprint density at radius 1 is 0.889 bits per heavy atom. The number of carboxylic acids is 2. The van der Waals surface area contributed by atoms with Gasteiger partial charge in [-0.3, -0.25) is 0 Å². The van der Waals surface area contributed by atoms with E-state index in [1.807, 2.05) is 11.9 Å². The lowest BCUT2D eigenvalue weighted by Crippen LogP contribution is -2.36. The molecule has 0 unspecified atom stereocenters. The molecule has 0 aromatic heterocycles. The van der Waals surface area contributed by atoms with Crippen LogP contribution in [0.5, 0.6) is 5.75 Å². The van der Waals surface area contributed by atoms with Gasteiger partial charge in [-0.05, 0) is 19.9 Å². The third-order valence-corrected chi connectivity index (χ3v) is 3.49. The van der Waals surface area contributed by atoms with Crippen LogP contribution in [-0.4, -0.2) is 53.3 Å². The molecule has 2 rings (SSSR count). The number of likely N-dealkylation sites (tertiary alicyclic amines) is 1. The summed E-state index contributed by atoms with van der Waals surface area (Å²) in [5, 5.41) is 15.6. The number of carbonyl (C=O) groups is 2.